The number of nitrogens with one attached hydrogen (secondary N) is 1. The minimum Gasteiger partial charge on any atom is -0.307 e. The summed E-state index contributed by atoms with van der Waals surface area (Å²) in [5.41, 5.74) is 2.20. The van der Waals surface area contributed by atoms with Crippen LogP contribution < -0.4 is 5.32 Å². The summed E-state index contributed by atoms with van der Waals surface area (Å²) in [6.45, 7) is 2.02. The van der Waals surface area contributed by atoms with Crippen LogP contribution in [0, 0.1) is 6.92 Å². The first-order chi connectivity index (χ1) is 7.16. The normalized spacial score (nSPS) is 18.3. The maximum atomic E-state index is 11.4. The molecule has 1 N–H and O–H groups in total. The Morgan fingerprint density at radius 1 is 1.40 bits per heavy atom. The quantitative estimate of drug-likeness (QED) is 0.599. The SMILES string of the molecule is Cc1ccccc1/C=C1/SC(=S)NC1=O. The van der Waals surface area contributed by atoms with Gasteiger partial charge >= 0.3 is 0 Å². The Labute approximate surface area is 97.8 Å². The van der Waals surface area contributed by atoms with E-state index in [2.05, 4.69) is 5.32 Å². The Morgan fingerprint density at radius 3 is 2.73 bits per heavy atom. The summed E-state index contributed by atoms with van der Waals surface area (Å²) in [5.74, 6) is -0.103. The molecule has 0 radical (unpaired) electrons. The first kappa shape index (κ1) is 10.4. The van der Waals surface area contributed by atoms with Crippen molar-refractivity contribution in [1.82, 2.24) is 5.32 Å². The van der Waals surface area contributed by atoms with E-state index in [-0.39, 0.29) is 5.91 Å². The van der Waals surface area contributed by atoms with Gasteiger partial charge in [0.1, 0.15) is 4.32 Å². The third-order valence-electron chi connectivity index (χ3n) is 2.12. The molecule has 0 aliphatic carbocycles. The molecule has 76 valence electrons. The third kappa shape index (κ3) is 2.27. The summed E-state index contributed by atoms with van der Waals surface area (Å²) in [5, 5.41) is 2.59. The molecule has 1 aromatic carbocycles. The van der Waals surface area contributed by atoms with Gasteiger partial charge in [0, 0.05) is 0 Å². The summed E-state index contributed by atoms with van der Waals surface area (Å²) in [7, 11) is 0. The molecule has 15 heavy (non-hydrogen) atoms. The molecule has 1 aromatic rings. The lowest BCUT2D eigenvalue weighted by Gasteiger charge is -1.99. The van der Waals surface area contributed by atoms with E-state index < -0.39 is 0 Å². The van der Waals surface area contributed by atoms with Gasteiger partial charge in [0.25, 0.3) is 5.91 Å². The molecule has 2 nitrogen and oxygen atoms in total. The van der Waals surface area contributed by atoms with Crippen molar-refractivity contribution in [2.24, 2.45) is 0 Å². The van der Waals surface area contributed by atoms with Crippen molar-refractivity contribution >= 4 is 40.3 Å². The molecule has 1 saturated heterocycles. The number of hydrogen-bond acceptors (Lipinski definition) is 3. The van der Waals surface area contributed by atoms with E-state index in [0.29, 0.717) is 9.23 Å². The van der Waals surface area contributed by atoms with Crippen LogP contribution in [0.1, 0.15) is 11.1 Å². The van der Waals surface area contributed by atoms with Crippen molar-refractivity contribution in [1.29, 1.82) is 0 Å². The summed E-state index contributed by atoms with van der Waals surface area (Å²) in [4.78, 5) is 12.1. The van der Waals surface area contributed by atoms with Gasteiger partial charge < -0.3 is 5.32 Å². The summed E-state index contributed by atoms with van der Waals surface area (Å²) in [6.07, 6.45) is 1.87. The lowest BCUT2D eigenvalue weighted by molar-refractivity contribution is -0.115. The molecule has 1 heterocycles. The molecule has 1 aliphatic rings. The molecule has 2 rings (SSSR count). The van der Waals surface area contributed by atoms with Gasteiger partial charge in [-0.05, 0) is 24.1 Å². The predicted molar refractivity (Wildman–Crippen MR) is 67.5 cm³/mol. The van der Waals surface area contributed by atoms with E-state index in [4.69, 9.17) is 12.2 Å². The molecular weight excluding hydrogens is 226 g/mol. The number of hydrogen-bond donors (Lipinski definition) is 1. The lowest BCUT2D eigenvalue weighted by atomic mass is 10.1. The average Bonchev–Trinajstić information content (AvgIpc) is 2.49. The van der Waals surface area contributed by atoms with E-state index in [1.165, 1.54) is 11.8 Å². The molecule has 1 fully saturated rings. The van der Waals surface area contributed by atoms with Crippen molar-refractivity contribution < 1.29 is 4.79 Å². The fourth-order valence-electron chi connectivity index (χ4n) is 1.31. The summed E-state index contributed by atoms with van der Waals surface area (Å²) in [6, 6.07) is 7.93. The highest BCUT2D eigenvalue weighted by Gasteiger charge is 2.21. The molecule has 1 amide bonds. The second-order valence-electron chi connectivity index (χ2n) is 3.21. The number of aryl methyl sites for hydroxylation is 1. The standard InChI is InChI=1S/C11H9NOS2/c1-7-4-2-3-5-8(7)6-9-10(13)12-11(14)15-9/h2-6H,1H3,(H,12,13,14)/b9-6+. The first-order valence-electron chi connectivity index (χ1n) is 4.47. The number of thiocarbonyl (C=S) groups is 1. The number of thioether (sulfide) groups is 1. The highest BCUT2D eigenvalue weighted by Crippen LogP contribution is 2.26. The molecule has 1 aliphatic heterocycles. The van der Waals surface area contributed by atoms with E-state index in [0.717, 1.165) is 11.1 Å². The van der Waals surface area contributed by atoms with Crippen LogP contribution in [-0.4, -0.2) is 10.2 Å². The Hall–Kier alpha value is -1.13. The van der Waals surface area contributed by atoms with Crippen LogP contribution in [0.4, 0.5) is 0 Å². The van der Waals surface area contributed by atoms with Gasteiger partial charge in [0.2, 0.25) is 0 Å². The Balaban J connectivity index is 2.35. The zero-order valence-electron chi connectivity index (χ0n) is 8.11. The number of benzene rings is 1. The Kier molecular flexibility index (Phi) is 2.88. The fraction of sp³-hybridized carbons (Fsp3) is 0.0909. The van der Waals surface area contributed by atoms with Crippen LogP contribution in [-0.2, 0) is 4.79 Å². The number of carbonyl (C=O) groups excluding carboxylic acids is 1. The van der Waals surface area contributed by atoms with Crippen molar-refractivity contribution in [2.45, 2.75) is 6.92 Å². The summed E-state index contributed by atoms with van der Waals surface area (Å²) < 4.78 is 0.528. The van der Waals surface area contributed by atoms with Crippen molar-refractivity contribution in [3.05, 3.63) is 40.3 Å². The van der Waals surface area contributed by atoms with Crippen LogP contribution >= 0.6 is 24.0 Å². The minimum absolute atomic E-state index is 0.103. The second-order valence-corrected chi connectivity index (χ2v) is 4.93. The fourth-order valence-corrected chi connectivity index (χ4v) is 2.35. The van der Waals surface area contributed by atoms with Gasteiger partial charge in [-0.2, -0.15) is 0 Å². The predicted octanol–water partition coefficient (Wildman–Crippen LogP) is 2.48. The molecule has 0 unspecified atom stereocenters. The lowest BCUT2D eigenvalue weighted by Crippen LogP contribution is -2.17. The van der Waals surface area contributed by atoms with Crippen molar-refractivity contribution in [3.8, 4) is 0 Å². The van der Waals surface area contributed by atoms with Gasteiger partial charge in [0.15, 0.2) is 0 Å². The van der Waals surface area contributed by atoms with E-state index >= 15 is 0 Å². The van der Waals surface area contributed by atoms with Gasteiger partial charge in [-0.1, -0.05) is 48.2 Å². The zero-order valence-corrected chi connectivity index (χ0v) is 9.74. The maximum absolute atomic E-state index is 11.4. The molecule has 0 saturated carbocycles. The molecule has 0 atom stereocenters. The van der Waals surface area contributed by atoms with Gasteiger partial charge in [-0.15, -0.1) is 0 Å². The van der Waals surface area contributed by atoms with Crippen LogP contribution in [0.3, 0.4) is 0 Å². The van der Waals surface area contributed by atoms with Crippen LogP contribution in [0.5, 0.6) is 0 Å². The average molecular weight is 235 g/mol. The highest BCUT2D eigenvalue weighted by atomic mass is 32.2. The van der Waals surface area contributed by atoms with Gasteiger partial charge in [-0.25, -0.2) is 0 Å². The monoisotopic (exact) mass is 235 g/mol. The zero-order chi connectivity index (χ0) is 10.8. The van der Waals surface area contributed by atoms with Crippen molar-refractivity contribution in [3.63, 3.8) is 0 Å². The molecular formula is C11H9NOS2. The molecule has 0 aromatic heterocycles. The van der Waals surface area contributed by atoms with Crippen LogP contribution in [0.2, 0.25) is 0 Å². The molecule has 4 heteroatoms. The maximum Gasteiger partial charge on any atom is 0.263 e. The molecule has 0 bridgehead atoms. The third-order valence-corrected chi connectivity index (χ3v) is 3.28. The first-order valence-corrected chi connectivity index (χ1v) is 5.70. The van der Waals surface area contributed by atoms with Gasteiger partial charge in [-0.3, -0.25) is 4.79 Å². The second kappa shape index (κ2) is 4.16. The Morgan fingerprint density at radius 2 is 2.13 bits per heavy atom. The number of amides is 1. The van der Waals surface area contributed by atoms with Crippen LogP contribution in [0.25, 0.3) is 6.08 Å². The summed E-state index contributed by atoms with van der Waals surface area (Å²) >= 11 is 6.22. The number of rotatable bonds is 1. The van der Waals surface area contributed by atoms with E-state index in [9.17, 15) is 4.79 Å². The van der Waals surface area contributed by atoms with Crippen molar-refractivity contribution in [2.75, 3.05) is 0 Å². The largest absolute Gasteiger partial charge is 0.307 e. The smallest absolute Gasteiger partial charge is 0.263 e. The van der Waals surface area contributed by atoms with E-state index in [1.54, 1.807) is 0 Å². The molecule has 0 spiro atoms. The van der Waals surface area contributed by atoms with E-state index in [1.807, 2.05) is 37.3 Å². The topological polar surface area (TPSA) is 29.1 Å². The van der Waals surface area contributed by atoms with Crippen LogP contribution in [0.15, 0.2) is 29.2 Å². The highest BCUT2D eigenvalue weighted by molar-refractivity contribution is 8.26. The Bertz CT molecular complexity index is 465. The minimum atomic E-state index is -0.103. The number of carbonyl (C=O) groups is 1. The van der Waals surface area contributed by atoms with Gasteiger partial charge in [0.05, 0.1) is 4.91 Å².